The maximum atomic E-state index is 13.3. The fourth-order valence-corrected chi connectivity index (χ4v) is 4.31. The van der Waals surface area contributed by atoms with Gasteiger partial charge in [-0.15, -0.1) is 0 Å². The Hall–Kier alpha value is -0.850. The largest absolute Gasteiger partial charge is 0.207 e. The molecule has 0 radical (unpaired) electrons. The first-order valence-corrected chi connectivity index (χ1v) is 8.03. The second-order valence-corrected chi connectivity index (χ2v) is 6.65. The molecule has 0 N–H and O–H groups in total. The van der Waals surface area contributed by atoms with Crippen molar-refractivity contribution in [1.29, 1.82) is 0 Å². The van der Waals surface area contributed by atoms with Gasteiger partial charge in [-0.05, 0) is 66.7 Å². The van der Waals surface area contributed by atoms with E-state index < -0.39 is 0 Å². The van der Waals surface area contributed by atoms with E-state index in [0.717, 1.165) is 24.2 Å². The van der Waals surface area contributed by atoms with Gasteiger partial charge in [-0.3, -0.25) is 0 Å². The summed E-state index contributed by atoms with van der Waals surface area (Å²) in [6, 6.07) is 5.39. The van der Waals surface area contributed by atoms with E-state index >= 15 is 0 Å². The summed E-state index contributed by atoms with van der Waals surface area (Å²) in [6.45, 7) is 2.30. The lowest BCUT2D eigenvalue weighted by Gasteiger charge is -2.32. The minimum absolute atomic E-state index is 0.0638. The minimum Gasteiger partial charge on any atom is -0.207 e. The molecule has 2 aliphatic carbocycles. The molecule has 1 fully saturated rings. The molecule has 0 bridgehead atoms. The predicted octanol–water partition coefficient (Wildman–Crippen LogP) is 5.15. The Morgan fingerprint density at radius 1 is 1.00 bits per heavy atom. The monoisotopic (exact) mass is 260 g/mol. The highest BCUT2D eigenvalue weighted by molar-refractivity contribution is 5.33. The van der Waals surface area contributed by atoms with Crippen molar-refractivity contribution in [3.05, 3.63) is 35.1 Å². The van der Waals surface area contributed by atoms with Gasteiger partial charge in [0.2, 0.25) is 0 Å². The van der Waals surface area contributed by atoms with Gasteiger partial charge in [-0.2, -0.15) is 0 Å². The maximum absolute atomic E-state index is 13.3. The number of benzene rings is 1. The normalized spacial score (nSPS) is 30.3. The SMILES string of the molecule is CCCC1CCC(C2Cc3ccc(F)cc3C2)CC1. The van der Waals surface area contributed by atoms with Crippen molar-refractivity contribution in [2.75, 3.05) is 0 Å². The summed E-state index contributed by atoms with van der Waals surface area (Å²) in [6.07, 6.45) is 10.7. The molecular formula is C18H25F. The third-order valence-corrected chi connectivity index (χ3v) is 5.39. The summed E-state index contributed by atoms with van der Waals surface area (Å²) in [7, 11) is 0. The summed E-state index contributed by atoms with van der Waals surface area (Å²) < 4.78 is 13.3. The molecule has 0 saturated heterocycles. The summed E-state index contributed by atoms with van der Waals surface area (Å²) in [4.78, 5) is 0. The van der Waals surface area contributed by atoms with E-state index in [2.05, 4.69) is 6.92 Å². The third kappa shape index (κ3) is 2.85. The van der Waals surface area contributed by atoms with Crippen molar-refractivity contribution in [2.45, 2.75) is 58.3 Å². The molecule has 104 valence electrons. The quantitative estimate of drug-likeness (QED) is 0.705. The number of hydrogen-bond donors (Lipinski definition) is 0. The van der Waals surface area contributed by atoms with Crippen LogP contribution < -0.4 is 0 Å². The molecule has 1 aromatic rings. The van der Waals surface area contributed by atoms with Gasteiger partial charge in [-0.25, -0.2) is 4.39 Å². The van der Waals surface area contributed by atoms with Crippen LogP contribution in [-0.2, 0) is 12.8 Å². The molecule has 0 spiro atoms. The van der Waals surface area contributed by atoms with E-state index in [0.29, 0.717) is 0 Å². The summed E-state index contributed by atoms with van der Waals surface area (Å²) in [5.74, 6) is 2.61. The molecule has 1 heteroatoms. The van der Waals surface area contributed by atoms with E-state index in [1.165, 1.54) is 56.1 Å². The Labute approximate surface area is 116 Å². The van der Waals surface area contributed by atoms with E-state index in [1.54, 1.807) is 12.1 Å². The fourth-order valence-electron chi connectivity index (χ4n) is 4.31. The second kappa shape index (κ2) is 5.64. The van der Waals surface area contributed by atoms with Crippen LogP contribution in [0.25, 0.3) is 0 Å². The molecule has 0 heterocycles. The second-order valence-electron chi connectivity index (χ2n) is 6.65. The molecule has 1 saturated carbocycles. The van der Waals surface area contributed by atoms with Crippen LogP contribution in [0.15, 0.2) is 18.2 Å². The Morgan fingerprint density at radius 3 is 2.47 bits per heavy atom. The molecule has 1 aromatic carbocycles. The minimum atomic E-state index is -0.0638. The number of hydrogen-bond acceptors (Lipinski definition) is 0. The maximum Gasteiger partial charge on any atom is 0.123 e. The Kier molecular flexibility index (Phi) is 3.91. The van der Waals surface area contributed by atoms with Crippen LogP contribution in [0.3, 0.4) is 0 Å². The van der Waals surface area contributed by atoms with Crippen LogP contribution in [0.4, 0.5) is 4.39 Å². The first-order chi connectivity index (χ1) is 9.26. The highest BCUT2D eigenvalue weighted by atomic mass is 19.1. The molecule has 0 amide bonds. The Morgan fingerprint density at radius 2 is 1.74 bits per heavy atom. The van der Waals surface area contributed by atoms with Crippen molar-refractivity contribution < 1.29 is 4.39 Å². The number of rotatable bonds is 3. The van der Waals surface area contributed by atoms with Gasteiger partial charge in [0.25, 0.3) is 0 Å². The highest BCUT2D eigenvalue weighted by Gasteiger charge is 2.31. The van der Waals surface area contributed by atoms with Gasteiger partial charge in [-0.1, -0.05) is 38.7 Å². The summed E-state index contributed by atoms with van der Waals surface area (Å²) in [5, 5.41) is 0. The standard InChI is InChI=1S/C18H25F/c1-2-3-13-4-6-14(7-5-13)16-10-15-8-9-18(19)12-17(15)11-16/h8-9,12-14,16H,2-7,10-11H2,1H3. The summed E-state index contributed by atoms with van der Waals surface area (Å²) >= 11 is 0. The summed E-state index contributed by atoms with van der Waals surface area (Å²) in [5.41, 5.74) is 2.68. The Bertz CT molecular complexity index is 429. The Balaban J connectivity index is 1.58. The molecule has 1 atom stereocenters. The van der Waals surface area contributed by atoms with Gasteiger partial charge in [0.15, 0.2) is 0 Å². The molecule has 3 rings (SSSR count). The first kappa shape index (κ1) is 13.1. The van der Waals surface area contributed by atoms with E-state index in [9.17, 15) is 4.39 Å². The van der Waals surface area contributed by atoms with Crippen molar-refractivity contribution in [2.24, 2.45) is 17.8 Å². The van der Waals surface area contributed by atoms with Gasteiger partial charge < -0.3 is 0 Å². The highest BCUT2D eigenvalue weighted by Crippen LogP contribution is 2.41. The fraction of sp³-hybridized carbons (Fsp3) is 0.667. The molecule has 0 aliphatic heterocycles. The van der Waals surface area contributed by atoms with E-state index in [1.807, 2.05) is 6.07 Å². The van der Waals surface area contributed by atoms with Crippen LogP contribution in [-0.4, -0.2) is 0 Å². The molecule has 19 heavy (non-hydrogen) atoms. The van der Waals surface area contributed by atoms with Crippen molar-refractivity contribution in [1.82, 2.24) is 0 Å². The number of fused-ring (bicyclic) bond motifs is 1. The lowest BCUT2D eigenvalue weighted by molar-refractivity contribution is 0.201. The lowest BCUT2D eigenvalue weighted by atomic mass is 9.74. The molecular weight excluding hydrogens is 235 g/mol. The van der Waals surface area contributed by atoms with Gasteiger partial charge in [0.1, 0.15) is 5.82 Å². The molecule has 2 aliphatic rings. The van der Waals surface area contributed by atoms with E-state index in [4.69, 9.17) is 0 Å². The van der Waals surface area contributed by atoms with Crippen LogP contribution in [0.5, 0.6) is 0 Å². The van der Waals surface area contributed by atoms with Crippen molar-refractivity contribution in [3.8, 4) is 0 Å². The van der Waals surface area contributed by atoms with Gasteiger partial charge in [0, 0.05) is 0 Å². The average molecular weight is 260 g/mol. The molecule has 0 aromatic heterocycles. The molecule has 0 nitrogen and oxygen atoms in total. The first-order valence-electron chi connectivity index (χ1n) is 8.03. The van der Waals surface area contributed by atoms with Gasteiger partial charge in [0.05, 0.1) is 0 Å². The van der Waals surface area contributed by atoms with Crippen molar-refractivity contribution >= 4 is 0 Å². The third-order valence-electron chi connectivity index (χ3n) is 5.39. The van der Waals surface area contributed by atoms with Crippen LogP contribution >= 0.6 is 0 Å². The number of halogens is 1. The predicted molar refractivity (Wildman–Crippen MR) is 77.7 cm³/mol. The lowest BCUT2D eigenvalue weighted by Crippen LogP contribution is -2.22. The van der Waals surface area contributed by atoms with Crippen LogP contribution in [0.1, 0.15) is 56.6 Å². The van der Waals surface area contributed by atoms with Crippen molar-refractivity contribution in [3.63, 3.8) is 0 Å². The van der Waals surface area contributed by atoms with Crippen LogP contribution in [0, 0.1) is 23.6 Å². The zero-order valence-electron chi connectivity index (χ0n) is 12.0. The zero-order chi connectivity index (χ0) is 13.2. The van der Waals surface area contributed by atoms with Gasteiger partial charge >= 0.3 is 0 Å². The topological polar surface area (TPSA) is 0 Å². The van der Waals surface area contributed by atoms with Crippen LogP contribution in [0.2, 0.25) is 0 Å². The zero-order valence-corrected chi connectivity index (χ0v) is 12.0. The van der Waals surface area contributed by atoms with E-state index in [-0.39, 0.29) is 5.82 Å². The average Bonchev–Trinajstić information content (AvgIpc) is 2.83. The smallest absolute Gasteiger partial charge is 0.123 e. The molecule has 1 unspecified atom stereocenters.